The summed E-state index contributed by atoms with van der Waals surface area (Å²) in [6.07, 6.45) is 4.54. The number of hydrogen-bond acceptors (Lipinski definition) is 6. The minimum Gasteiger partial charge on any atom is -0.379 e. The molecule has 8 nitrogen and oxygen atoms in total. The molecule has 3 aromatic rings. The van der Waals surface area contributed by atoms with Crippen LogP contribution in [0.3, 0.4) is 0 Å². The largest absolute Gasteiger partial charge is 0.379 e. The zero-order valence-electron chi connectivity index (χ0n) is 21.5. The maximum absolute atomic E-state index is 13.6. The fourth-order valence-electron chi connectivity index (χ4n) is 5.23. The number of nitriles is 1. The van der Waals surface area contributed by atoms with Crippen LogP contribution in [0.1, 0.15) is 28.8 Å². The van der Waals surface area contributed by atoms with Crippen molar-refractivity contribution in [3.05, 3.63) is 88.5 Å². The highest BCUT2D eigenvalue weighted by Crippen LogP contribution is 2.23. The number of carbonyl (C=O) groups is 1. The Balaban J connectivity index is 1.30. The Labute approximate surface area is 229 Å². The quantitative estimate of drug-likeness (QED) is 0.398. The van der Waals surface area contributed by atoms with Gasteiger partial charge in [-0.15, -0.1) is 0 Å². The van der Waals surface area contributed by atoms with Gasteiger partial charge in [-0.05, 0) is 41.8 Å². The van der Waals surface area contributed by atoms with Crippen molar-refractivity contribution < 1.29 is 9.53 Å². The Morgan fingerprint density at radius 2 is 1.89 bits per heavy atom. The van der Waals surface area contributed by atoms with Crippen LogP contribution in [0.2, 0.25) is 5.02 Å². The van der Waals surface area contributed by atoms with Gasteiger partial charge in [0, 0.05) is 63.6 Å². The van der Waals surface area contributed by atoms with Crippen molar-refractivity contribution in [2.45, 2.75) is 32.1 Å². The molecule has 9 heteroatoms. The van der Waals surface area contributed by atoms with Crippen molar-refractivity contribution in [2.24, 2.45) is 0 Å². The van der Waals surface area contributed by atoms with Gasteiger partial charge in [0.25, 0.3) is 0 Å². The smallest absolute Gasteiger partial charge is 0.240 e. The van der Waals surface area contributed by atoms with Crippen molar-refractivity contribution in [1.82, 2.24) is 24.3 Å². The number of morpholine rings is 1. The molecule has 0 unspecified atom stereocenters. The van der Waals surface area contributed by atoms with E-state index in [1.807, 2.05) is 66.0 Å². The molecule has 38 heavy (non-hydrogen) atoms. The van der Waals surface area contributed by atoms with Gasteiger partial charge in [-0.3, -0.25) is 14.6 Å². The normalized spacial score (nSPS) is 18.3. The van der Waals surface area contributed by atoms with Crippen molar-refractivity contribution in [2.75, 3.05) is 45.9 Å². The third kappa shape index (κ3) is 6.61. The van der Waals surface area contributed by atoms with Crippen molar-refractivity contribution in [3.63, 3.8) is 0 Å². The number of likely N-dealkylation sites (tertiary alicyclic amines) is 1. The first-order valence-corrected chi connectivity index (χ1v) is 13.5. The average Bonchev–Trinajstić information content (AvgIpc) is 3.53. The van der Waals surface area contributed by atoms with Gasteiger partial charge >= 0.3 is 0 Å². The van der Waals surface area contributed by atoms with Crippen LogP contribution in [0.4, 0.5) is 0 Å². The molecule has 1 atom stereocenters. The second-order valence-corrected chi connectivity index (χ2v) is 10.4. The summed E-state index contributed by atoms with van der Waals surface area (Å²) < 4.78 is 7.65. The number of hydrogen-bond donors (Lipinski definition) is 0. The molecule has 2 aliphatic rings. The standard InChI is InChI=1S/C29H33ClN6O2/c30-26-3-1-2-25(16-26)20-35-9-8-28(29(35)37)34(11-10-33-12-14-38-15-13-33)21-27-18-32-22-36(27)19-24-6-4-23(17-31)5-7-24/h1-7,16,18,22,28H,8-15,19-21H2/t28-/m1/s1. The minimum atomic E-state index is -0.173. The lowest BCUT2D eigenvalue weighted by Crippen LogP contribution is -2.46. The lowest BCUT2D eigenvalue weighted by molar-refractivity contribution is -0.133. The molecule has 0 N–H and O–H groups in total. The summed E-state index contributed by atoms with van der Waals surface area (Å²) in [5.41, 5.74) is 3.87. The third-order valence-corrected chi connectivity index (χ3v) is 7.61. The number of aromatic nitrogens is 2. The first kappa shape index (κ1) is 26.4. The SMILES string of the molecule is N#Cc1ccc(Cn2cncc2CN(CCN2CCOCC2)[C@@H]2CCN(Cc3cccc(Cl)c3)C2=O)cc1. The number of halogens is 1. The van der Waals surface area contributed by atoms with Gasteiger partial charge in [-0.1, -0.05) is 35.9 Å². The molecule has 1 aromatic heterocycles. The van der Waals surface area contributed by atoms with Crippen LogP contribution in [-0.4, -0.2) is 82.1 Å². The number of nitrogens with zero attached hydrogens (tertiary/aromatic N) is 6. The first-order valence-electron chi connectivity index (χ1n) is 13.1. The average molecular weight is 533 g/mol. The maximum atomic E-state index is 13.6. The topological polar surface area (TPSA) is 77.6 Å². The second-order valence-electron chi connectivity index (χ2n) is 9.94. The van der Waals surface area contributed by atoms with Crippen LogP contribution in [0, 0.1) is 11.3 Å². The summed E-state index contributed by atoms with van der Waals surface area (Å²) in [6.45, 7) is 7.65. The molecular weight excluding hydrogens is 500 g/mol. The first-order chi connectivity index (χ1) is 18.6. The van der Waals surface area contributed by atoms with Crippen molar-refractivity contribution in [1.29, 1.82) is 5.26 Å². The Hall–Kier alpha value is -3.22. The number of imidazole rings is 1. The van der Waals surface area contributed by atoms with E-state index in [4.69, 9.17) is 21.6 Å². The lowest BCUT2D eigenvalue weighted by atomic mass is 10.1. The predicted octanol–water partition coefficient (Wildman–Crippen LogP) is 3.39. The highest BCUT2D eigenvalue weighted by molar-refractivity contribution is 6.30. The molecule has 1 amide bonds. The van der Waals surface area contributed by atoms with Gasteiger partial charge in [-0.2, -0.15) is 5.26 Å². The molecule has 2 aromatic carbocycles. The van der Waals surface area contributed by atoms with E-state index >= 15 is 0 Å². The number of benzene rings is 2. The van der Waals surface area contributed by atoms with E-state index in [0.717, 1.165) is 69.2 Å². The van der Waals surface area contributed by atoms with Gasteiger partial charge in [0.05, 0.1) is 42.9 Å². The van der Waals surface area contributed by atoms with E-state index in [0.29, 0.717) is 30.2 Å². The molecule has 0 spiro atoms. The van der Waals surface area contributed by atoms with E-state index < -0.39 is 0 Å². The zero-order chi connectivity index (χ0) is 26.3. The molecular formula is C29H33ClN6O2. The summed E-state index contributed by atoms with van der Waals surface area (Å²) in [5.74, 6) is 0.171. The summed E-state index contributed by atoms with van der Waals surface area (Å²) in [5, 5.41) is 9.78. The molecule has 0 bridgehead atoms. The highest BCUT2D eigenvalue weighted by Gasteiger charge is 2.36. The predicted molar refractivity (Wildman–Crippen MR) is 145 cm³/mol. The number of ether oxygens (including phenoxy) is 1. The van der Waals surface area contributed by atoms with E-state index in [1.165, 1.54) is 0 Å². The minimum absolute atomic E-state index is 0.171. The molecule has 3 heterocycles. The molecule has 2 saturated heterocycles. The number of carbonyl (C=O) groups excluding carboxylic acids is 1. The summed E-state index contributed by atoms with van der Waals surface area (Å²) >= 11 is 6.18. The van der Waals surface area contributed by atoms with Gasteiger partial charge < -0.3 is 14.2 Å². The molecule has 2 fully saturated rings. The molecule has 198 valence electrons. The van der Waals surface area contributed by atoms with E-state index in [9.17, 15) is 4.79 Å². The van der Waals surface area contributed by atoms with Crippen molar-refractivity contribution >= 4 is 17.5 Å². The second kappa shape index (κ2) is 12.5. The van der Waals surface area contributed by atoms with E-state index in [1.54, 1.807) is 0 Å². The summed E-state index contributed by atoms with van der Waals surface area (Å²) in [6, 6.07) is 17.4. The molecule has 5 rings (SSSR count). The van der Waals surface area contributed by atoms with Crippen LogP contribution >= 0.6 is 11.6 Å². The van der Waals surface area contributed by atoms with Gasteiger partial charge in [-0.25, -0.2) is 4.98 Å². The number of rotatable bonds is 10. The molecule has 0 saturated carbocycles. The Bertz CT molecular complexity index is 1260. The Kier molecular flexibility index (Phi) is 8.72. The molecule has 0 aliphatic carbocycles. The monoisotopic (exact) mass is 532 g/mol. The lowest BCUT2D eigenvalue weighted by Gasteiger charge is -2.32. The highest BCUT2D eigenvalue weighted by atomic mass is 35.5. The maximum Gasteiger partial charge on any atom is 0.240 e. The third-order valence-electron chi connectivity index (χ3n) is 7.38. The number of amides is 1. The van der Waals surface area contributed by atoms with Gasteiger partial charge in [0.2, 0.25) is 5.91 Å². The van der Waals surface area contributed by atoms with E-state index in [2.05, 4.69) is 25.4 Å². The van der Waals surface area contributed by atoms with Crippen LogP contribution in [-0.2, 0) is 29.2 Å². The van der Waals surface area contributed by atoms with E-state index in [-0.39, 0.29) is 11.9 Å². The zero-order valence-corrected chi connectivity index (χ0v) is 22.3. The van der Waals surface area contributed by atoms with Crippen LogP contribution in [0.15, 0.2) is 61.1 Å². The Morgan fingerprint density at radius 3 is 2.66 bits per heavy atom. The fraction of sp³-hybridized carbons (Fsp3) is 0.414. The molecule has 0 radical (unpaired) electrons. The summed E-state index contributed by atoms with van der Waals surface area (Å²) in [4.78, 5) is 24.7. The van der Waals surface area contributed by atoms with Crippen LogP contribution < -0.4 is 0 Å². The van der Waals surface area contributed by atoms with Crippen LogP contribution in [0.25, 0.3) is 0 Å². The Morgan fingerprint density at radius 1 is 1.08 bits per heavy atom. The van der Waals surface area contributed by atoms with Gasteiger partial charge in [0.1, 0.15) is 0 Å². The summed E-state index contributed by atoms with van der Waals surface area (Å²) in [7, 11) is 0. The molecule has 2 aliphatic heterocycles. The van der Waals surface area contributed by atoms with Crippen molar-refractivity contribution in [3.8, 4) is 6.07 Å². The van der Waals surface area contributed by atoms with Crippen LogP contribution in [0.5, 0.6) is 0 Å². The van der Waals surface area contributed by atoms with Gasteiger partial charge in [0.15, 0.2) is 0 Å². The fourth-order valence-corrected chi connectivity index (χ4v) is 5.44.